The lowest BCUT2D eigenvalue weighted by Gasteiger charge is -2.10. The molecule has 1 aromatic heterocycles. The molecule has 0 aliphatic carbocycles. The van der Waals surface area contributed by atoms with Crippen molar-refractivity contribution in [3.05, 3.63) is 51.2 Å². The summed E-state index contributed by atoms with van der Waals surface area (Å²) >= 11 is 3.33. The Morgan fingerprint density at radius 1 is 1.41 bits per heavy atom. The zero-order valence-electron chi connectivity index (χ0n) is 8.81. The Morgan fingerprint density at radius 3 is 2.71 bits per heavy atom. The van der Waals surface area contributed by atoms with E-state index in [1.807, 2.05) is 24.3 Å². The van der Waals surface area contributed by atoms with Gasteiger partial charge in [-0.15, -0.1) is 0 Å². The molecule has 1 unspecified atom stereocenters. The molecule has 17 heavy (non-hydrogen) atoms. The monoisotopic (exact) mass is 298 g/mol. The summed E-state index contributed by atoms with van der Waals surface area (Å²) in [5.41, 5.74) is 0.880. The summed E-state index contributed by atoms with van der Waals surface area (Å²) in [6, 6.07) is 7.55. The normalized spacial score (nSPS) is 12.4. The van der Waals surface area contributed by atoms with Crippen molar-refractivity contribution in [1.29, 1.82) is 0 Å². The average Bonchev–Trinajstić information content (AvgIpc) is 2.75. The summed E-state index contributed by atoms with van der Waals surface area (Å²) in [4.78, 5) is 13.1. The molecule has 3 N–H and O–H groups in total. The van der Waals surface area contributed by atoms with Crippen LogP contribution in [0.2, 0.25) is 0 Å². The van der Waals surface area contributed by atoms with Crippen molar-refractivity contribution < 1.29 is 9.52 Å². The van der Waals surface area contributed by atoms with Crippen molar-refractivity contribution in [2.75, 3.05) is 11.9 Å². The number of aliphatic hydroxyl groups excluding tert-OH is 1. The van der Waals surface area contributed by atoms with Gasteiger partial charge >= 0.3 is 5.76 Å². The number of benzene rings is 1. The molecule has 0 fully saturated rings. The van der Waals surface area contributed by atoms with Gasteiger partial charge in [0.1, 0.15) is 6.10 Å². The number of hydrogen-bond donors (Lipinski definition) is 3. The highest BCUT2D eigenvalue weighted by atomic mass is 79.9. The maximum atomic E-state index is 10.7. The molecule has 5 nitrogen and oxygen atoms in total. The minimum Gasteiger partial charge on any atom is -0.410 e. The first-order valence-corrected chi connectivity index (χ1v) is 5.80. The molecule has 0 saturated heterocycles. The van der Waals surface area contributed by atoms with Crippen LogP contribution < -0.4 is 11.1 Å². The fourth-order valence-electron chi connectivity index (χ4n) is 1.34. The maximum absolute atomic E-state index is 10.7. The Balaban J connectivity index is 1.94. The van der Waals surface area contributed by atoms with Crippen LogP contribution >= 0.6 is 15.9 Å². The van der Waals surface area contributed by atoms with Gasteiger partial charge in [0.2, 0.25) is 0 Å². The van der Waals surface area contributed by atoms with Gasteiger partial charge < -0.3 is 14.8 Å². The molecule has 1 heterocycles. The van der Waals surface area contributed by atoms with E-state index in [9.17, 15) is 9.90 Å². The second-order valence-corrected chi connectivity index (χ2v) is 4.40. The van der Waals surface area contributed by atoms with Crippen LogP contribution in [-0.2, 0) is 0 Å². The number of aliphatic hydroxyl groups is 1. The Hall–Kier alpha value is -1.53. The summed E-state index contributed by atoms with van der Waals surface area (Å²) in [6.45, 7) is 0.266. The van der Waals surface area contributed by atoms with Gasteiger partial charge in [-0.2, -0.15) is 0 Å². The highest BCUT2D eigenvalue weighted by molar-refractivity contribution is 9.10. The van der Waals surface area contributed by atoms with E-state index in [4.69, 9.17) is 4.42 Å². The molecule has 0 spiro atoms. The topological polar surface area (TPSA) is 78.3 Å². The second-order valence-electron chi connectivity index (χ2n) is 3.48. The Labute approximate surface area is 106 Å². The number of oxazole rings is 1. The first kappa shape index (κ1) is 11.9. The quantitative estimate of drug-likeness (QED) is 0.805. The third-order valence-corrected chi connectivity index (χ3v) is 2.74. The molecule has 0 radical (unpaired) electrons. The fourth-order valence-corrected chi connectivity index (χ4v) is 1.61. The lowest BCUT2D eigenvalue weighted by molar-refractivity contribution is 0.160. The third kappa shape index (κ3) is 3.21. The number of halogens is 1. The van der Waals surface area contributed by atoms with Crippen molar-refractivity contribution in [1.82, 2.24) is 4.98 Å². The molecule has 90 valence electrons. The van der Waals surface area contributed by atoms with Crippen molar-refractivity contribution >= 4 is 21.6 Å². The molecule has 0 aliphatic rings. The minimum absolute atomic E-state index is 0.222. The lowest BCUT2D eigenvalue weighted by Crippen LogP contribution is -2.11. The molecule has 0 amide bonds. The molecule has 6 heteroatoms. The van der Waals surface area contributed by atoms with E-state index >= 15 is 0 Å². The van der Waals surface area contributed by atoms with E-state index in [-0.39, 0.29) is 12.3 Å². The summed E-state index contributed by atoms with van der Waals surface area (Å²) in [5.74, 6) is -0.345. The largest absolute Gasteiger partial charge is 0.416 e. The molecule has 0 aliphatic heterocycles. The third-order valence-electron chi connectivity index (χ3n) is 2.22. The molecule has 1 atom stereocenters. The van der Waals surface area contributed by atoms with E-state index in [0.717, 1.165) is 10.2 Å². The average molecular weight is 299 g/mol. The summed E-state index contributed by atoms with van der Waals surface area (Å²) in [5, 5.41) is 12.8. The van der Waals surface area contributed by atoms with Crippen molar-refractivity contribution in [2.24, 2.45) is 0 Å². The van der Waals surface area contributed by atoms with Gasteiger partial charge in [0.05, 0.1) is 0 Å². The Bertz CT molecular complexity index is 532. The molecular weight excluding hydrogens is 288 g/mol. The number of nitrogens with one attached hydrogen (secondary N) is 2. The summed E-state index contributed by atoms with van der Waals surface area (Å²) in [7, 11) is 0. The smallest absolute Gasteiger partial charge is 0.410 e. The van der Waals surface area contributed by atoms with Crippen molar-refractivity contribution in [3.8, 4) is 0 Å². The van der Waals surface area contributed by atoms with E-state index in [2.05, 4.69) is 26.2 Å². The number of rotatable bonds is 4. The van der Waals surface area contributed by atoms with E-state index < -0.39 is 11.9 Å². The van der Waals surface area contributed by atoms with Gasteiger partial charge in [-0.1, -0.05) is 15.9 Å². The second kappa shape index (κ2) is 5.20. The number of anilines is 1. The van der Waals surface area contributed by atoms with Gasteiger partial charge in [-0.05, 0) is 24.3 Å². The van der Waals surface area contributed by atoms with Crippen LogP contribution in [0.4, 0.5) is 5.69 Å². The summed E-state index contributed by atoms with van der Waals surface area (Å²) in [6.07, 6.45) is 0.494. The van der Waals surface area contributed by atoms with Gasteiger partial charge in [0, 0.05) is 22.9 Å². The molecule has 0 bridgehead atoms. The lowest BCUT2D eigenvalue weighted by atomic mass is 10.2. The van der Waals surface area contributed by atoms with E-state index in [1.165, 1.54) is 6.20 Å². The predicted molar refractivity (Wildman–Crippen MR) is 66.9 cm³/mol. The van der Waals surface area contributed by atoms with Crippen LogP contribution in [0.1, 0.15) is 11.9 Å². The Kier molecular flexibility index (Phi) is 3.65. The number of aromatic amines is 1. The molecule has 2 rings (SSSR count). The fraction of sp³-hybridized carbons (Fsp3) is 0.182. The highest BCUT2D eigenvalue weighted by Gasteiger charge is 2.11. The number of hydrogen-bond acceptors (Lipinski definition) is 4. The molecule has 1 aromatic carbocycles. The SMILES string of the molecule is O=c1[nH]cc(C(O)CNc2ccc(Br)cc2)o1. The minimum atomic E-state index is -0.863. The summed E-state index contributed by atoms with van der Waals surface area (Å²) < 4.78 is 5.73. The van der Waals surface area contributed by atoms with Gasteiger partial charge in [-0.3, -0.25) is 4.98 Å². The van der Waals surface area contributed by atoms with Crippen LogP contribution in [0.5, 0.6) is 0 Å². The maximum Gasteiger partial charge on any atom is 0.416 e. The van der Waals surface area contributed by atoms with Crippen molar-refractivity contribution in [2.45, 2.75) is 6.10 Å². The number of aromatic nitrogens is 1. The van der Waals surface area contributed by atoms with E-state index in [0.29, 0.717) is 0 Å². The predicted octanol–water partition coefficient (Wildman–Crippen LogP) is 1.88. The molecular formula is C11H11BrN2O3. The van der Waals surface area contributed by atoms with Crippen LogP contribution in [-0.4, -0.2) is 16.6 Å². The number of H-pyrrole nitrogens is 1. The van der Waals surface area contributed by atoms with Crippen molar-refractivity contribution in [3.63, 3.8) is 0 Å². The van der Waals surface area contributed by atoms with Crippen LogP contribution in [0.3, 0.4) is 0 Å². The van der Waals surface area contributed by atoms with E-state index in [1.54, 1.807) is 0 Å². The van der Waals surface area contributed by atoms with Crippen LogP contribution in [0.15, 0.2) is 44.1 Å². The van der Waals surface area contributed by atoms with Crippen LogP contribution in [0.25, 0.3) is 0 Å². The zero-order chi connectivity index (χ0) is 12.3. The Morgan fingerprint density at radius 2 is 2.12 bits per heavy atom. The van der Waals surface area contributed by atoms with Gasteiger partial charge in [-0.25, -0.2) is 4.79 Å². The molecule has 0 saturated carbocycles. The van der Waals surface area contributed by atoms with Gasteiger partial charge in [0.15, 0.2) is 5.76 Å². The van der Waals surface area contributed by atoms with Crippen LogP contribution in [0, 0.1) is 0 Å². The first-order valence-electron chi connectivity index (χ1n) is 5.01. The standard InChI is InChI=1S/C11H11BrN2O3/c12-7-1-3-8(4-2-7)13-5-9(15)10-6-14-11(16)17-10/h1-4,6,9,13,15H,5H2,(H,14,16). The highest BCUT2D eigenvalue weighted by Crippen LogP contribution is 2.16. The van der Waals surface area contributed by atoms with Gasteiger partial charge in [0.25, 0.3) is 0 Å². The zero-order valence-corrected chi connectivity index (χ0v) is 10.4. The molecule has 2 aromatic rings. The first-order chi connectivity index (χ1) is 8.15.